The van der Waals surface area contributed by atoms with Gasteiger partial charge in [0.2, 0.25) is 0 Å². The van der Waals surface area contributed by atoms with E-state index in [1.54, 1.807) is 12.1 Å². The smallest absolute Gasteiger partial charge is 0.164 e. The Balaban J connectivity index is 1.83. The minimum atomic E-state index is 0.189. The average molecular weight is 298 g/mol. The number of carbonyl (C=O) groups is 1. The lowest BCUT2D eigenvalue weighted by molar-refractivity contribution is 0.0964. The largest absolute Gasteiger partial charge is 0.301 e. The summed E-state index contributed by atoms with van der Waals surface area (Å²) in [5.74, 6) is 1.37. The fourth-order valence-electron chi connectivity index (χ4n) is 2.30. The van der Waals surface area contributed by atoms with Crippen LogP contribution in [0.2, 0.25) is 5.02 Å². The fourth-order valence-corrected chi connectivity index (χ4v) is 3.74. The first-order valence-electron chi connectivity index (χ1n) is 6.81. The van der Waals surface area contributed by atoms with Gasteiger partial charge in [-0.1, -0.05) is 30.7 Å². The van der Waals surface area contributed by atoms with Crippen LogP contribution in [-0.4, -0.2) is 41.3 Å². The quantitative estimate of drug-likeness (QED) is 0.772. The van der Waals surface area contributed by atoms with Gasteiger partial charge in [0.05, 0.1) is 0 Å². The lowest BCUT2D eigenvalue weighted by atomic mass is 10.1. The standard InChI is InChI=1S/C15H20ClNOS/c1-2-14-11-17(8-9-19-14)7-6-15(18)12-4-3-5-13(16)10-12/h3-5,10,14H,2,6-9,11H2,1H3. The van der Waals surface area contributed by atoms with Crippen molar-refractivity contribution in [3.05, 3.63) is 34.9 Å². The summed E-state index contributed by atoms with van der Waals surface area (Å²) in [6.07, 6.45) is 1.80. The maximum absolute atomic E-state index is 12.1. The molecule has 1 unspecified atom stereocenters. The second-order valence-corrected chi connectivity index (χ2v) is 6.73. The van der Waals surface area contributed by atoms with Crippen LogP contribution < -0.4 is 0 Å². The van der Waals surface area contributed by atoms with Crippen molar-refractivity contribution in [2.24, 2.45) is 0 Å². The van der Waals surface area contributed by atoms with E-state index in [1.165, 1.54) is 12.2 Å². The third-order valence-corrected chi connectivity index (χ3v) is 5.09. The normalized spacial score (nSPS) is 20.4. The molecule has 4 heteroatoms. The molecule has 0 bridgehead atoms. The summed E-state index contributed by atoms with van der Waals surface area (Å²) in [7, 11) is 0. The number of Topliss-reactive ketones (excluding diaryl/α,β-unsaturated/α-hetero) is 1. The van der Waals surface area contributed by atoms with E-state index in [9.17, 15) is 4.79 Å². The molecule has 2 nitrogen and oxygen atoms in total. The molecule has 0 saturated carbocycles. The van der Waals surface area contributed by atoms with Crippen LogP contribution in [0.3, 0.4) is 0 Å². The van der Waals surface area contributed by atoms with Crippen LogP contribution in [0.5, 0.6) is 0 Å². The zero-order chi connectivity index (χ0) is 13.7. The number of halogens is 1. The first kappa shape index (κ1) is 14.9. The predicted molar refractivity (Wildman–Crippen MR) is 83.4 cm³/mol. The van der Waals surface area contributed by atoms with Crippen molar-refractivity contribution in [3.63, 3.8) is 0 Å². The van der Waals surface area contributed by atoms with Gasteiger partial charge in [0.25, 0.3) is 0 Å². The number of rotatable bonds is 5. The molecule has 1 aromatic rings. The number of thioether (sulfide) groups is 1. The Bertz CT molecular complexity index is 438. The van der Waals surface area contributed by atoms with Crippen LogP contribution >= 0.6 is 23.4 Å². The van der Waals surface area contributed by atoms with Gasteiger partial charge < -0.3 is 4.90 Å². The number of ketones is 1. The molecular weight excluding hydrogens is 278 g/mol. The Kier molecular flexibility index (Phi) is 5.74. The summed E-state index contributed by atoms with van der Waals surface area (Å²) in [6.45, 7) is 5.31. The Labute approximate surface area is 124 Å². The first-order chi connectivity index (χ1) is 9.19. The maximum Gasteiger partial charge on any atom is 0.164 e. The highest BCUT2D eigenvalue weighted by Gasteiger charge is 2.19. The Morgan fingerprint density at radius 1 is 1.53 bits per heavy atom. The maximum atomic E-state index is 12.1. The molecule has 2 rings (SSSR count). The second kappa shape index (κ2) is 7.32. The Morgan fingerprint density at radius 2 is 2.37 bits per heavy atom. The highest BCUT2D eigenvalue weighted by molar-refractivity contribution is 8.00. The number of nitrogens with zero attached hydrogens (tertiary/aromatic N) is 1. The summed E-state index contributed by atoms with van der Waals surface area (Å²) in [5, 5.41) is 1.36. The molecular formula is C15H20ClNOS. The Hall–Kier alpha value is -0.510. The van der Waals surface area contributed by atoms with Crippen LogP contribution in [0.4, 0.5) is 0 Å². The topological polar surface area (TPSA) is 20.3 Å². The number of carbonyl (C=O) groups excluding carboxylic acids is 1. The molecule has 0 amide bonds. The number of hydrogen-bond donors (Lipinski definition) is 0. The monoisotopic (exact) mass is 297 g/mol. The highest BCUT2D eigenvalue weighted by Crippen LogP contribution is 2.21. The SMILES string of the molecule is CCC1CN(CCC(=O)c2cccc(Cl)c2)CCS1. The molecule has 1 aromatic carbocycles. The number of hydrogen-bond acceptors (Lipinski definition) is 3. The highest BCUT2D eigenvalue weighted by atomic mass is 35.5. The zero-order valence-corrected chi connectivity index (χ0v) is 12.8. The van der Waals surface area contributed by atoms with Gasteiger partial charge in [-0.15, -0.1) is 0 Å². The molecule has 1 aliphatic rings. The summed E-state index contributed by atoms with van der Waals surface area (Å²) in [5.41, 5.74) is 0.728. The van der Waals surface area contributed by atoms with Crippen LogP contribution in [0.25, 0.3) is 0 Å². The summed E-state index contributed by atoms with van der Waals surface area (Å²) in [6, 6.07) is 7.23. The van der Waals surface area contributed by atoms with Crippen molar-refractivity contribution in [2.45, 2.75) is 25.0 Å². The van der Waals surface area contributed by atoms with Gasteiger partial charge in [-0.25, -0.2) is 0 Å². The van der Waals surface area contributed by atoms with Crippen LogP contribution in [0.1, 0.15) is 30.1 Å². The molecule has 0 aliphatic carbocycles. The molecule has 0 radical (unpaired) electrons. The minimum absolute atomic E-state index is 0.189. The first-order valence-corrected chi connectivity index (χ1v) is 8.24. The minimum Gasteiger partial charge on any atom is -0.301 e. The Morgan fingerprint density at radius 3 is 3.11 bits per heavy atom. The van der Waals surface area contributed by atoms with Gasteiger partial charge >= 0.3 is 0 Å². The lowest BCUT2D eigenvalue weighted by Gasteiger charge is -2.31. The molecule has 1 atom stereocenters. The third-order valence-electron chi connectivity index (χ3n) is 3.48. The summed E-state index contributed by atoms with van der Waals surface area (Å²) in [4.78, 5) is 14.5. The number of benzene rings is 1. The van der Waals surface area contributed by atoms with E-state index in [0.717, 1.165) is 30.4 Å². The van der Waals surface area contributed by atoms with Gasteiger partial charge in [0.1, 0.15) is 0 Å². The van der Waals surface area contributed by atoms with Gasteiger partial charge in [-0.2, -0.15) is 11.8 Å². The fraction of sp³-hybridized carbons (Fsp3) is 0.533. The lowest BCUT2D eigenvalue weighted by Crippen LogP contribution is -2.38. The van der Waals surface area contributed by atoms with Gasteiger partial charge in [0.15, 0.2) is 5.78 Å². The molecule has 19 heavy (non-hydrogen) atoms. The molecule has 0 aromatic heterocycles. The van der Waals surface area contributed by atoms with Gasteiger partial charge in [0, 0.05) is 47.6 Å². The molecule has 1 saturated heterocycles. The average Bonchev–Trinajstić information content (AvgIpc) is 2.45. The van der Waals surface area contributed by atoms with E-state index < -0.39 is 0 Å². The van der Waals surface area contributed by atoms with E-state index in [2.05, 4.69) is 23.6 Å². The molecule has 1 fully saturated rings. The van der Waals surface area contributed by atoms with E-state index in [-0.39, 0.29) is 5.78 Å². The summed E-state index contributed by atoms with van der Waals surface area (Å²) >= 11 is 7.97. The molecule has 1 aliphatic heterocycles. The van der Waals surface area contributed by atoms with Crippen molar-refractivity contribution >= 4 is 29.1 Å². The van der Waals surface area contributed by atoms with Crippen molar-refractivity contribution in [1.29, 1.82) is 0 Å². The zero-order valence-electron chi connectivity index (χ0n) is 11.3. The third kappa shape index (κ3) is 4.51. The van der Waals surface area contributed by atoms with Crippen molar-refractivity contribution in [2.75, 3.05) is 25.4 Å². The summed E-state index contributed by atoms with van der Waals surface area (Å²) < 4.78 is 0. The van der Waals surface area contributed by atoms with E-state index in [4.69, 9.17) is 11.6 Å². The van der Waals surface area contributed by atoms with Crippen LogP contribution in [-0.2, 0) is 0 Å². The molecule has 104 valence electrons. The van der Waals surface area contributed by atoms with E-state index >= 15 is 0 Å². The predicted octanol–water partition coefficient (Wildman–Crippen LogP) is 3.74. The van der Waals surface area contributed by atoms with E-state index in [0.29, 0.717) is 11.4 Å². The van der Waals surface area contributed by atoms with Crippen LogP contribution in [0, 0.1) is 0 Å². The van der Waals surface area contributed by atoms with Gasteiger partial charge in [-0.3, -0.25) is 4.79 Å². The van der Waals surface area contributed by atoms with Crippen molar-refractivity contribution in [1.82, 2.24) is 4.90 Å². The van der Waals surface area contributed by atoms with Crippen molar-refractivity contribution < 1.29 is 4.79 Å². The van der Waals surface area contributed by atoms with Crippen LogP contribution in [0.15, 0.2) is 24.3 Å². The molecule has 1 heterocycles. The van der Waals surface area contributed by atoms with Crippen molar-refractivity contribution in [3.8, 4) is 0 Å². The second-order valence-electron chi connectivity index (χ2n) is 4.89. The van der Waals surface area contributed by atoms with Gasteiger partial charge in [-0.05, 0) is 18.6 Å². The molecule has 0 spiro atoms. The van der Waals surface area contributed by atoms with E-state index in [1.807, 2.05) is 12.1 Å². The molecule has 0 N–H and O–H groups in total.